The lowest BCUT2D eigenvalue weighted by Gasteiger charge is -2.47. The van der Waals surface area contributed by atoms with E-state index in [1.807, 2.05) is 13.8 Å². The Labute approximate surface area is 246 Å². The molecule has 0 amide bonds. The number of phenols is 1. The van der Waals surface area contributed by atoms with Crippen molar-refractivity contribution < 1.29 is 62.2 Å². The quantitative estimate of drug-likeness (QED) is 0.227. The Bertz CT molecular complexity index is 1380. The monoisotopic (exact) mass is 610 g/mol. The zero-order valence-corrected chi connectivity index (χ0v) is 24.8. The highest BCUT2D eigenvalue weighted by molar-refractivity contribution is 5.68. The molecule has 0 spiro atoms. The predicted molar refractivity (Wildman–Crippen MR) is 142 cm³/mol. The summed E-state index contributed by atoms with van der Waals surface area (Å²) in [7, 11) is 0. The van der Waals surface area contributed by atoms with E-state index in [1.165, 1.54) is 12.1 Å². The molecule has 1 aliphatic heterocycles. The molecule has 1 saturated heterocycles. The lowest BCUT2D eigenvalue weighted by molar-refractivity contribution is -0.422. The van der Waals surface area contributed by atoms with Crippen LogP contribution < -0.4 is 4.74 Å². The second-order valence-electron chi connectivity index (χ2n) is 10.2. The number of rotatable bonds is 10. The van der Waals surface area contributed by atoms with E-state index in [2.05, 4.69) is 5.10 Å². The van der Waals surface area contributed by atoms with Crippen molar-refractivity contribution in [2.45, 2.75) is 91.3 Å². The zero-order chi connectivity index (χ0) is 32.2. The first-order chi connectivity index (χ1) is 20.0. The van der Waals surface area contributed by atoms with Crippen LogP contribution in [-0.2, 0) is 49.3 Å². The maximum absolute atomic E-state index is 14.1. The molecule has 1 aromatic carbocycles. The maximum Gasteiger partial charge on any atom is 0.369 e. The summed E-state index contributed by atoms with van der Waals surface area (Å²) in [5.74, 6) is -8.00. The standard InChI is InChI=1S/C28H35FN2O12/c1-13(2)31-14(3)20(10-19-8-9-22(36)21(29)11-19)27(30-31)43-28(37)26(41-18(7)35)25(40-17(6)34)24(39-16(5)33)23(42-28)12-38-15(4)32/h8-9,11,13,23-26,36-37H,10,12H2,1-7H3/t23-,24-,25+,26-,28-/m1/s1. The number of aromatic hydroxyl groups is 1. The normalized spacial score (nSPS) is 23.4. The Morgan fingerprint density at radius 1 is 1.02 bits per heavy atom. The fraction of sp³-hybridized carbons (Fsp3) is 0.536. The highest BCUT2D eigenvalue weighted by Gasteiger charge is 2.62. The molecule has 0 saturated carbocycles. The molecule has 2 N–H and O–H groups in total. The Morgan fingerprint density at radius 3 is 2.16 bits per heavy atom. The number of ether oxygens (including phenoxy) is 6. The molecule has 1 aliphatic rings. The largest absolute Gasteiger partial charge is 0.505 e. The molecule has 14 nitrogen and oxygen atoms in total. The number of hydrogen-bond donors (Lipinski definition) is 2. The Kier molecular flexibility index (Phi) is 10.3. The van der Waals surface area contributed by atoms with Crippen LogP contribution in [0.1, 0.15) is 64.4 Å². The smallest absolute Gasteiger partial charge is 0.369 e. The lowest BCUT2D eigenvalue weighted by atomic mass is 9.96. The van der Waals surface area contributed by atoms with E-state index in [0.717, 1.165) is 33.8 Å². The SMILES string of the molecule is CC(=O)OC[C@H]1O[C@@](O)(Oc2nn(C(C)C)c(C)c2Cc2ccc(O)c(F)c2)[C@H](OC(C)=O)[C@@H](OC(C)=O)[C@@H]1OC(C)=O. The van der Waals surface area contributed by atoms with Crippen molar-refractivity contribution in [2.75, 3.05) is 6.61 Å². The molecule has 0 unspecified atom stereocenters. The number of esters is 4. The lowest BCUT2D eigenvalue weighted by Crippen LogP contribution is -2.70. The van der Waals surface area contributed by atoms with E-state index < -0.39 is 72.4 Å². The first kappa shape index (κ1) is 33.3. The third kappa shape index (κ3) is 7.99. The Balaban J connectivity index is 2.16. The second kappa shape index (κ2) is 13.4. The molecule has 2 heterocycles. The first-order valence-electron chi connectivity index (χ1n) is 13.3. The van der Waals surface area contributed by atoms with Gasteiger partial charge in [-0.3, -0.25) is 23.9 Å². The number of carbonyl (C=O) groups excluding carboxylic acids is 4. The average molecular weight is 611 g/mol. The van der Waals surface area contributed by atoms with Crippen LogP contribution in [0.25, 0.3) is 0 Å². The third-order valence-corrected chi connectivity index (χ3v) is 6.38. The Morgan fingerprint density at radius 2 is 1.63 bits per heavy atom. The van der Waals surface area contributed by atoms with E-state index in [-0.39, 0.29) is 18.3 Å². The number of aliphatic hydroxyl groups is 1. The van der Waals surface area contributed by atoms with Crippen LogP contribution in [0.5, 0.6) is 11.6 Å². The maximum atomic E-state index is 14.1. The summed E-state index contributed by atoms with van der Waals surface area (Å²) >= 11 is 0. The van der Waals surface area contributed by atoms with Crippen molar-refractivity contribution in [1.29, 1.82) is 0 Å². The van der Waals surface area contributed by atoms with E-state index in [0.29, 0.717) is 16.8 Å². The summed E-state index contributed by atoms with van der Waals surface area (Å²) in [5.41, 5.74) is 1.34. The molecule has 0 bridgehead atoms. The topological polar surface area (TPSA) is 182 Å². The van der Waals surface area contributed by atoms with E-state index in [1.54, 1.807) is 11.6 Å². The average Bonchev–Trinajstić information content (AvgIpc) is 3.18. The number of nitrogens with zero attached hydrogens (tertiary/aromatic N) is 2. The fourth-order valence-electron chi connectivity index (χ4n) is 4.65. The molecule has 1 fully saturated rings. The van der Waals surface area contributed by atoms with Crippen LogP contribution in [0, 0.1) is 12.7 Å². The second-order valence-corrected chi connectivity index (χ2v) is 10.2. The van der Waals surface area contributed by atoms with Gasteiger partial charge in [-0.1, -0.05) is 6.07 Å². The molecule has 1 aromatic heterocycles. The summed E-state index contributed by atoms with van der Waals surface area (Å²) in [4.78, 5) is 47.9. The molecule has 0 radical (unpaired) electrons. The number of hydrogen-bond acceptors (Lipinski definition) is 13. The molecule has 0 aliphatic carbocycles. The minimum absolute atomic E-state index is 0.0136. The van der Waals surface area contributed by atoms with Gasteiger partial charge in [0.2, 0.25) is 12.0 Å². The van der Waals surface area contributed by atoms with Gasteiger partial charge in [-0.25, -0.2) is 4.39 Å². The van der Waals surface area contributed by atoms with Gasteiger partial charge in [0.05, 0.1) is 0 Å². The van der Waals surface area contributed by atoms with Crippen molar-refractivity contribution in [3.8, 4) is 11.6 Å². The van der Waals surface area contributed by atoms with Gasteiger partial charge < -0.3 is 38.6 Å². The summed E-state index contributed by atoms with van der Waals surface area (Å²) < 4.78 is 48.5. The zero-order valence-electron chi connectivity index (χ0n) is 24.8. The van der Waals surface area contributed by atoms with E-state index in [4.69, 9.17) is 28.4 Å². The summed E-state index contributed by atoms with van der Waals surface area (Å²) in [6.07, 6.45) is -6.65. The van der Waals surface area contributed by atoms with Gasteiger partial charge in [0.1, 0.15) is 12.7 Å². The highest BCUT2D eigenvalue weighted by atomic mass is 19.1. The van der Waals surface area contributed by atoms with Crippen LogP contribution in [-0.4, -0.2) is 80.9 Å². The fourth-order valence-corrected chi connectivity index (χ4v) is 4.65. The van der Waals surface area contributed by atoms with Crippen molar-refractivity contribution in [2.24, 2.45) is 0 Å². The highest BCUT2D eigenvalue weighted by Crippen LogP contribution is 2.38. The third-order valence-electron chi connectivity index (χ3n) is 6.38. The molecular formula is C28H35FN2O12. The van der Waals surface area contributed by atoms with Gasteiger partial charge in [0, 0.05) is 51.4 Å². The minimum Gasteiger partial charge on any atom is -0.505 e. The Hall–Kier alpha value is -4.24. The van der Waals surface area contributed by atoms with Crippen LogP contribution in [0.2, 0.25) is 0 Å². The van der Waals surface area contributed by atoms with Crippen molar-refractivity contribution >= 4 is 23.9 Å². The van der Waals surface area contributed by atoms with Crippen LogP contribution in [0.4, 0.5) is 4.39 Å². The van der Waals surface area contributed by atoms with Crippen molar-refractivity contribution in [3.05, 3.63) is 40.8 Å². The van der Waals surface area contributed by atoms with Gasteiger partial charge in [-0.15, -0.1) is 5.10 Å². The minimum atomic E-state index is -2.95. The van der Waals surface area contributed by atoms with Gasteiger partial charge >= 0.3 is 29.9 Å². The summed E-state index contributed by atoms with van der Waals surface area (Å²) in [6.45, 7) is 9.00. The van der Waals surface area contributed by atoms with Gasteiger partial charge in [-0.2, -0.15) is 0 Å². The number of aromatic nitrogens is 2. The number of benzene rings is 1. The number of carbonyl (C=O) groups is 4. The molecule has 3 rings (SSSR count). The van der Waals surface area contributed by atoms with Crippen molar-refractivity contribution in [3.63, 3.8) is 0 Å². The van der Waals surface area contributed by atoms with Crippen LogP contribution in [0.15, 0.2) is 18.2 Å². The summed E-state index contributed by atoms with van der Waals surface area (Å²) in [6, 6.07) is 3.57. The number of phenolic OH excluding ortho intramolecular Hbond substituents is 1. The molecule has 2 aromatic rings. The van der Waals surface area contributed by atoms with E-state index >= 15 is 0 Å². The van der Waals surface area contributed by atoms with Gasteiger partial charge in [0.25, 0.3) is 0 Å². The van der Waals surface area contributed by atoms with Crippen LogP contribution >= 0.6 is 0 Å². The summed E-state index contributed by atoms with van der Waals surface area (Å²) in [5, 5.41) is 25.9. The molecule has 15 heteroatoms. The van der Waals surface area contributed by atoms with E-state index in [9.17, 15) is 33.8 Å². The first-order valence-corrected chi connectivity index (χ1v) is 13.3. The molecule has 43 heavy (non-hydrogen) atoms. The van der Waals surface area contributed by atoms with Gasteiger partial charge in [0.15, 0.2) is 23.8 Å². The molecule has 5 atom stereocenters. The molecular weight excluding hydrogens is 575 g/mol. The molecule has 236 valence electrons. The van der Waals surface area contributed by atoms with Crippen LogP contribution in [0.3, 0.4) is 0 Å². The van der Waals surface area contributed by atoms with Gasteiger partial charge in [-0.05, 0) is 38.5 Å². The number of halogens is 1. The van der Waals surface area contributed by atoms with Crippen molar-refractivity contribution in [1.82, 2.24) is 9.78 Å². The predicted octanol–water partition coefficient (Wildman–Crippen LogP) is 1.99.